The number of hydrogen-bond acceptors (Lipinski definition) is 5. The van der Waals surface area contributed by atoms with E-state index in [1.165, 1.54) is 0 Å². The third-order valence-corrected chi connectivity index (χ3v) is 5.29. The molecule has 0 N–H and O–H groups in total. The summed E-state index contributed by atoms with van der Waals surface area (Å²) in [7, 11) is 1.69. The highest BCUT2D eigenvalue weighted by atomic mass is 35.5. The predicted octanol–water partition coefficient (Wildman–Crippen LogP) is 3.83. The summed E-state index contributed by atoms with van der Waals surface area (Å²) in [6.45, 7) is 6.42. The van der Waals surface area contributed by atoms with Crippen molar-refractivity contribution in [3.63, 3.8) is 0 Å². The quantitative estimate of drug-likeness (QED) is 0.677. The maximum Gasteiger partial charge on any atom is 0.259 e. The van der Waals surface area contributed by atoms with E-state index in [9.17, 15) is 4.79 Å². The van der Waals surface area contributed by atoms with Crippen molar-refractivity contribution < 1.29 is 4.74 Å². The van der Waals surface area contributed by atoms with Gasteiger partial charge < -0.3 is 4.74 Å². The molecule has 0 fully saturated rings. The molecule has 0 aliphatic carbocycles. The van der Waals surface area contributed by atoms with Crippen LogP contribution < -0.4 is 10.5 Å². The Labute approximate surface area is 169 Å². The van der Waals surface area contributed by atoms with E-state index in [1.54, 1.807) is 23.8 Å². The molecule has 0 radical (unpaired) electrons. The molecule has 27 heavy (non-hydrogen) atoms. The van der Waals surface area contributed by atoms with Crippen molar-refractivity contribution in [2.75, 3.05) is 31.8 Å². The number of fused-ring (bicyclic) bond motifs is 1. The highest BCUT2D eigenvalue weighted by molar-refractivity contribution is 6.36. The number of anilines is 2. The molecule has 2 aromatic rings. The molecule has 2 heterocycles. The molecule has 0 spiro atoms. The first-order valence-electron chi connectivity index (χ1n) is 9.00. The number of rotatable bonds is 6. The molecule has 1 aliphatic rings. The molecule has 0 saturated heterocycles. The highest BCUT2D eigenvalue weighted by Crippen LogP contribution is 2.34. The smallest absolute Gasteiger partial charge is 0.259 e. The number of benzene rings is 1. The SMILES string of the molecule is CCc1c(C)nc2n(c1=O)CN(CCCOC)CN2c1ccc(Cl)cc1Cl. The molecule has 1 aromatic carbocycles. The Morgan fingerprint density at radius 2 is 2.04 bits per heavy atom. The number of hydrogen-bond donors (Lipinski definition) is 0. The molecular weight excluding hydrogens is 387 g/mol. The van der Waals surface area contributed by atoms with Crippen molar-refractivity contribution in [2.45, 2.75) is 33.4 Å². The van der Waals surface area contributed by atoms with E-state index in [1.807, 2.05) is 24.8 Å². The third-order valence-electron chi connectivity index (χ3n) is 4.75. The number of halogens is 2. The summed E-state index contributed by atoms with van der Waals surface area (Å²) < 4.78 is 6.89. The van der Waals surface area contributed by atoms with Crippen molar-refractivity contribution in [2.24, 2.45) is 0 Å². The summed E-state index contributed by atoms with van der Waals surface area (Å²) in [4.78, 5) is 22.0. The Morgan fingerprint density at radius 3 is 2.70 bits per heavy atom. The van der Waals surface area contributed by atoms with Crippen LogP contribution in [0, 0.1) is 6.92 Å². The molecule has 3 rings (SSSR count). The predicted molar refractivity (Wildman–Crippen MR) is 109 cm³/mol. The van der Waals surface area contributed by atoms with E-state index in [2.05, 4.69) is 4.90 Å². The zero-order valence-electron chi connectivity index (χ0n) is 15.8. The van der Waals surface area contributed by atoms with Gasteiger partial charge in [-0.3, -0.25) is 19.2 Å². The van der Waals surface area contributed by atoms with Crippen LogP contribution in [0.5, 0.6) is 0 Å². The third kappa shape index (κ3) is 4.14. The molecule has 1 aromatic heterocycles. The molecule has 1 aliphatic heterocycles. The van der Waals surface area contributed by atoms with Gasteiger partial charge in [0.1, 0.15) is 0 Å². The lowest BCUT2D eigenvalue weighted by Gasteiger charge is -2.38. The van der Waals surface area contributed by atoms with Gasteiger partial charge >= 0.3 is 0 Å². The van der Waals surface area contributed by atoms with Crippen LogP contribution >= 0.6 is 23.2 Å². The average Bonchev–Trinajstić information content (AvgIpc) is 2.63. The first kappa shape index (κ1) is 20.1. The summed E-state index contributed by atoms with van der Waals surface area (Å²) in [5.74, 6) is 0.613. The zero-order chi connectivity index (χ0) is 19.6. The van der Waals surface area contributed by atoms with Gasteiger partial charge in [0.2, 0.25) is 5.95 Å². The first-order valence-corrected chi connectivity index (χ1v) is 9.76. The van der Waals surface area contributed by atoms with Crippen LogP contribution in [0.1, 0.15) is 24.6 Å². The van der Waals surface area contributed by atoms with Gasteiger partial charge in [0.05, 0.1) is 24.0 Å². The van der Waals surface area contributed by atoms with Crippen LogP contribution in [-0.4, -0.2) is 41.4 Å². The Hall–Kier alpha value is -1.60. The number of aryl methyl sites for hydroxylation is 1. The fourth-order valence-corrected chi connectivity index (χ4v) is 3.90. The molecule has 0 saturated carbocycles. The second-order valence-electron chi connectivity index (χ2n) is 6.61. The Morgan fingerprint density at radius 1 is 1.26 bits per heavy atom. The number of methoxy groups -OCH3 is 1. The van der Waals surface area contributed by atoms with Gasteiger partial charge in [0.15, 0.2) is 0 Å². The summed E-state index contributed by atoms with van der Waals surface area (Å²) in [5.41, 5.74) is 2.30. The minimum absolute atomic E-state index is 0.00604. The number of ether oxygens (including phenoxy) is 1. The van der Waals surface area contributed by atoms with Gasteiger partial charge in [0, 0.05) is 36.5 Å². The highest BCUT2D eigenvalue weighted by Gasteiger charge is 2.28. The molecule has 6 nitrogen and oxygen atoms in total. The lowest BCUT2D eigenvalue weighted by Crippen LogP contribution is -2.48. The molecule has 0 amide bonds. The van der Waals surface area contributed by atoms with E-state index in [0.29, 0.717) is 42.4 Å². The van der Waals surface area contributed by atoms with E-state index in [0.717, 1.165) is 29.9 Å². The minimum Gasteiger partial charge on any atom is -0.385 e. The van der Waals surface area contributed by atoms with Crippen molar-refractivity contribution >= 4 is 34.8 Å². The summed E-state index contributed by atoms with van der Waals surface area (Å²) in [6.07, 6.45) is 1.53. The van der Waals surface area contributed by atoms with E-state index in [-0.39, 0.29) is 5.56 Å². The van der Waals surface area contributed by atoms with Crippen molar-refractivity contribution in [1.29, 1.82) is 0 Å². The van der Waals surface area contributed by atoms with E-state index < -0.39 is 0 Å². The molecule has 146 valence electrons. The fraction of sp³-hybridized carbons (Fsp3) is 0.474. The second-order valence-corrected chi connectivity index (χ2v) is 7.45. The van der Waals surface area contributed by atoms with Crippen LogP contribution in [0.3, 0.4) is 0 Å². The second kappa shape index (κ2) is 8.61. The van der Waals surface area contributed by atoms with E-state index in [4.69, 9.17) is 32.9 Å². The van der Waals surface area contributed by atoms with Crippen molar-refractivity contribution in [3.8, 4) is 0 Å². The maximum atomic E-state index is 13.0. The van der Waals surface area contributed by atoms with Gasteiger partial charge in [-0.25, -0.2) is 4.98 Å². The van der Waals surface area contributed by atoms with Gasteiger partial charge in [-0.1, -0.05) is 30.1 Å². The van der Waals surface area contributed by atoms with Crippen LogP contribution in [0.2, 0.25) is 10.0 Å². The number of aromatic nitrogens is 2. The van der Waals surface area contributed by atoms with E-state index >= 15 is 0 Å². The number of nitrogens with zero attached hydrogens (tertiary/aromatic N) is 4. The summed E-state index contributed by atoms with van der Waals surface area (Å²) in [6, 6.07) is 5.36. The van der Waals surface area contributed by atoms with Gasteiger partial charge in [0.25, 0.3) is 5.56 Å². The molecular formula is C19H24Cl2N4O2. The molecule has 0 unspecified atom stereocenters. The normalized spacial score (nSPS) is 14.5. The standard InChI is InChI=1S/C19H24Cl2N4O2/c1-4-15-13(2)22-19-24(17-7-6-14(20)10-16(17)21)11-23(8-5-9-27-3)12-25(19)18(15)26/h6-7,10H,4-5,8-9,11-12H2,1-3H3. The summed E-state index contributed by atoms with van der Waals surface area (Å²) >= 11 is 12.5. The van der Waals surface area contributed by atoms with Crippen LogP contribution in [-0.2, 0) is 17.8 Å². The average molecular weight is 411 g/mol. The van der Waals surface area contributed by atoms with Crippen LogP contribution in [0.15, 0.2) is 23.0 Å². The van der Waals surface area contributed by atoms with Crippen molar-refractivity contribution in [1.82, 2.24) is 14.5 Å². The molecule has 8 heteroatoms. The first-order chi connectivity index (χ1) is 13.0. The topological polar surface area (TPSA) is 50.6 Å². The Bertz CT molecular complexity index is 885. The monoisotopic (exact) mass is 410 g/mol. The largest absolute Gasteiger partial charge is 0.385 e. The van der Waals surface area contributed by atoms with Gasteiger partial charge in [-0.05, 0) is 38.0 Å². The van der Waals surface area contributed by atoms with Crippen molar-refractivity contribution in [3.05, 3.63) is 49.9 Å². The lowest BCUT2D eigenvalue weighted by atomic mass is 10.2. The van der Waals surface area contributed by atoms with Gasteiger partial charge in [-0.2, -0.15) is 0 Å². The minimum atomic E-state index is 0.00604. The van der Waals surface area contributed by atoms with Gasteiger partial charge in [-0.15, -0.1) is 0 Å². The Balaban J connectivity index is 2.08. The fourth-order valence-electron chi connectivity index (χ4n) is 3.39. The van der Waals surface area contributed by atoms with Crippen LogP contribution in [0.4, 0.5) is 11.6 Å². The molecule has 0 bridgehead atoms. The Kier molecular flexibility index (Phi) is 6.42. The van der Waals surface area contributed by atoms with Crippen LogP contribution in [0.25, 0.3) is 0 Å². The lowest BCUT2D eigenvalue weighted by molar-refractivity contribution is 0.150. The summed E-state index contributed by atoms with van der Waals surface area (Å²) in [5, 5.41) is 1.10. The molecule has 0 atom stereocenters. The maximum absolute atomic E-state index is 13.0. The zero-order valence-corrected chi connectivity index (χ0v) is 17.3.